The van der Waals surface area contributed by atoms with Crippen LogP contribution >= 0.6 is 8.53 Å². The highest BCUT2D eigenvalue weighted by Gasteiger charge is 2.22. The van der Waals surface area contributed by atoms with E-state index in [1.807, 2.05) is 57.2 Å². The second kappa shape index (κ2) is 10.4. The lowest BCUT2D eigenvalue weighted by molar-refractivity contribution is -0.148. The lowest BCUT2D eigenvalue weighted by Crippen LogP contribution is -2.34. The molecule has 0 bridgehead atoms. The van der Waals surface area contributed by atoms with Crippen LogP contribution in [0.1, 0.15) is 27.7 Å². The normalized spacial score (nSPS) is 13.3. The molecule has 2 atom stereocenters. The van der Waals surface area contributed by atoms with E-state index in [-0.39, 0.29) is 5.41 Å². The van der Waals surface area contributed by atoms with Crippen molar-refractivity contribution in [1.29, 1.82) is 0 Å². The zero-order valence-electron chi connectivity index (χ0n) is 15.9. The quantitative estimate of drug-likeness (QED) is 0.523. The third-order valence-electron chi connectivity index (χ3n) is 3.22. The average Bonchev–Trinajstić information content (AvgIpc) is 2.60. The molecule has 6 nitrogen and oxygen atoms in total. The number of hydrogen-bond acceptors (Lipinski definition) is 6. The minimum atomic E-state index is -1.97. The van der Waals surface area contributed by atoms with Crippen molar-refractivity contribution in [2.24, 2.45) is 5.41 Å². The molecule has 3 N–H and O–H groups in total. The maximum atomic E-state index is 11.9. The van der Waals surface area contributed by atoms with Gasteiger partial charge >= 0.3 is 14.5 Å². The van der Waals surface area contributed by atoms with Gasteiger partial charge in [0.15, 0.2) is 0 Å². The molecule has 0 spiro atoms. The van der Waals surface area contributed by atoms with Crippen LogP contribution in [0.2, 0.25) is 0 Å². The summed E-state index contributed by atoms with van der Waals surface area (Å²) < 4.78 is 10.7. The number of benzene rings is 2. The van der Waals surface area contributed by atoms with Gasteiger partial charge in [0.05, 0.1) is 6.61 Å². The molecule has 144 valence electrons. The minimum absolute atomic E-state index is 0.0963. The van der Waals surface area contributed by atoms with Gasteiger partial charge in [-0.1, -0.05) is 51.1 Å². The first-order chi connectivity index (χ1) is 12.2. The minimum Gasteiger partial charge on any atom is -0.464 e. The number of rotatable bonds is 6. The fourth-order valence-electron chi connectivity index (χ4n) is 1.98. The topological polar surface area (TPSA) is 88.0 Å². The van der Waals surface area contributed by atoms with Gasteiger partial charge < -0.3 is 19.3 Å². The fourth-order valence-corrected chi connectivity index (χ4v) is 2.78. The molecule has 0 aliphatic heterocycles. The number of nitrogens with one attached hydrogen (secondary N) is 1. The van der Waals surface area contributed by atoms with Crippen molar-refractivity contribution in [2.45, 2.75) is 33.7 Å². The van der Waals surface area contributed by atoms with Gasteiger partial charge in [-0.3, -0.25) is 4.79 Å². The van der Waals surface area contributed by atoms with E-state index in [4.69, 9.17) is 14.4 Å². The molecule has 0 aromatic heterocycles. The Morgan fingerprint density at radius 1 is 1.15 bits per heavy atom. The first-order valence-corrected chi connectivity index (χ1v) is 9.49. The smallest absolute Gasteiger partial charge is 0.323 e. The van der Waals surface area contributed by atoms with Crippen molar-refractivity contribution in [3.8, 4) is 5.75 Å². The molecule has 7 heteroatoms. The average molecular weight is 381 g/mol. The van der Waals surface area contributed by atoms with E-state index < -0.39 is 20.5 Å². The molecule has 0 saturated heterocycles. The van der Waals surface area contributed by atoms with Gasteiger partial charge in [0.1, 0.15) is 11.8 Å². The molecule has 0 aliphatic carbocycles. The number of hydrogen-bond donors (Lipinski definition) is 3. The van der Waals surface area contributed by atoms with Crippen LogP contribution in [0.4, 0.5) is 0 Å². The number of carbonyl (C=O) groups is 1. The summed E-state index contributed by atoms with van der Waals surface area (Å²) in [5.41, 5.74) is -0.0963. The predicted octanol–water partition coefficient (Wildman–Crippen LogP) is 3.61. The van der Waals surface area contributed by atoms with E-state index in [1.165, 1.54) is 0 Å². The molecule has 0 fully saturated rings. The Balaban J connectivity index is 0.00000163. The Morgan fingerprint density at radius 2 is 1.77 bits per heavy atom. The van der Waals surface area contributed by atoms with Gasteiger partial charge in [0.2, 0.25) is 0 Å². The summed E-state index contributed by atoms with van der Waals surface area (Å²) in [6, 6.07) is 12.8. The fraction of sp³-hybridized carbons (Fsp3) is 0.421. The van der Waals surface area contributed by atoms with Crippen LogP contribution in [0.25, 0.3) is 10.8 Å². The standard InChI is InChI=1S/C18H24NO4P.CH4O/c1-13(17(20)22-12-18(2,3)4)19-24(21)23-16-10-9-14-7-5-6-8-15(14)11-16;1-2/h5-11,13,19,21H,12H2,1-4H3;2H,1H3/t13-,24?;/m0./s1. The van der Waals surface area contributed by atoms with Crippen molar-refractivity contribution >= 4 is 25.3 Å². The van der Waals surface area contributed by atoms with Crippen LogP contribution in [0, 0.1) is 5.41 Å². The van der Waals surface area contributed by atoms with Crippen molar-refractivity contribution in [2.75, 3.05) is 13.7 Å². The summed E-state index contributed by atoms with van der Waals surface area (Å²) >= 11 is 0. The van der Waals surface area contributed by atoms with Gasteiger partial charge in [-0.05, 0) is 35.2 Å². The highest BCUT2D eigenvalue weighted by molar-refractivity contribution is 7.44. The van der Waals surface area contributed by atoms with Crippen LogP contribution in [0.3, 0.4) is 0 Å². The molecule has 0 aliphatic rings. The van der Waals surface area contributed by atoms with E-state index >= 15 is 0 Å². The maximum Gasteiger partial charge on any atom is 0.323 e. The number of fused-ring (bicyclic) bond motifs is 1. The van der Waals surface area contributed by atoms with E-state index in [0.717, 1.165) is 17.9 Å². The molecule has 2 aromatic carbocycles. The van der Waals surface area contributed by atoms with Crippen molar-refractivity contribution < 1.29 is 24.1 Å². The Morgan fingerprint density at radius 3 is 2.38 bits per heavy atom. The molecule has 0 radical (unpaired) electrons. The molecule has 1 unspecified atom stereocenters. The number of carbonyl (C=O) groups excluding carboxylic acids is 1. The summed E-state index contributed by atoms with van der Waals surface area (Å²) in [6.45, 7) is 7.92. The summed E-state index contributed by atoms with van der Waals surface area (Å²) in [5.74, 6) is 0.138. The molecule has 0 heterocycles. The van der Waals surface area contributed by atoms with Crippen molar-refractivity contribution in [3.63, 3.8) is 0 Å². The summed E-state index contributed by atoms with van der Waals surface area (Å²) in [5, 5.41) is 11.9. The van der Waals surface area contributed by atoms with Gasteiger partial charge in [-0.25, -0.2) is 5.09 Å². The Hall–Kier alpha value is -1.72. The van der Waals surface area contributed by atoms with Gasteiger partial charge in [0, 0.05) is 7.11 Å². The van der Waals surface area contributed by atoms with Gasteiger partial charge in [-0.15, -0.1) is 0 Å². The van der Waals surface area contributed by atoms with E-state index in [2.05, 4.69) is 5.09 Å². The van der Waals surface area contributed by atoms with Crippen molar-refractivity contribution in [1.82, 2.24) is 5.09 Å². The number of aliphatic hydroxyl groups excluding tert-OH is 1. The first-order valence-electron chi connectivity index (χ1n) is 8.28. The van der Waals surface area contributed by atoms with Gasteiger partial charge in [-0.2, -0.15) is 0 Å². The summed E-state index contributed by atoms with van der Waals surface area (Å²) in [4.78, 5) is 22.0. The monoisotopic (exact) mass is 381 g/mol. The van der Waals surface area contributed by atoms with E-state index in [9.17, 15) is 9.69 Å². The summed E-state index contributed by atoms with van der Waals surface area (Å²) in [7, 11) is -0.974. The molecule has 0 saturated carbocycles. The molecular formula is C19H28NO5P. The Labute approximate surface area is 156 Å². The second-order valence-electron chi connectivity index (χ2n) is 6.89. The zero-order chi connectivity index (χ0) is 19.7. The highest BCUT2D eigenvalue weighted by atomic mass is 31.2. The van der Waals surface area contributed by atoms with Crippen LogP contribution in [-0.2, 0) is 9.53 Å². The van der Waals surface area contributed by atoms with E-state index in [0.29, 0.717) is 12.4 Å². The maximum absolute atomic E-state index is 11.9. The third-order valence-corrected chi connectivity index (χ3v) is 4.21. The predicted molar refractivity (Wildman–Crippen MR) is 105 cm³/mol. The van der Waals surface area contributed by atoms with Crippen LogP contribution < -0.4 is 9.61 Å². The van der Waals surface area contributed by atoms with Crippen LogP contribution in [0.5, 0.6) is 5.75 Å². The first kappa shape index (κ1) is 22.3. The summed E-state index contributed by atoms with van der Waals surface area (Å²) in [6.07, 6.45) is 0. The van der Waals surface area contributed by atoms with Crippen LogP contribution in [0.15, 0.2) is 42.5 Å². The third kappa shape index (κ3) is 7.67. The van der Waals surface area contributed by atoms with Crippen molar-refractivity contribution in [3.05, 3.63) is 42.5 Å². The second-order valence-corrected chi connectivity index (χ2v) is 7.88. The SMILES string of the molecule is CO.C[C@H](NP(O)Oc1ccc2ccccc2c1)C(=O)OCC(C)(C)C. The van der Waals surface area contributed by atoms with Crippen LogP contribution in [-0.4, -0.2) is 35.7 Å². The molecule has 26 heavy (non-hydrogen) atoms. The zero-order valence-corrected chi connectivity index (χ0v) is 16.8. The highest BCUT2D eigenvalue weighted by Crippen LogP contribution is 2.32. The number of aliphatic hydroxyl groups is 1. The lowest BCUT2D eigenvalue weighted by atomic mass is 9.99. The molecule has 0 amide bonds. The number of esters is 1. The lowest BCUT2D eigenvalue weighted by Gasteiger charge is -2.21. The Bertz CT molecular complexity index is 702. The largest absolute Gasteiger partial charge is 0.464 e. The van der Waals surface area contributed by atoms with Gasteiger partial charge in [0.25, 0.3) is 0 Å². The molecular weight excluding hydrogens is 353 g/mol. The Kier molecular flexibility index (Phi) is 8.96. The van der Waals surface area contributed by atoms with E-state index in [1.54, 1.807) is 13.0 Å². The molecule has 2 rings (SSSR count). The number of ether oxygens (including phenoxy) is 1. The molecule has 2 aromatic rings.